The Morgan fingerprint density at radius 1 is 1.15 bits per heavy atom. The maximum Gasteiger partial charge on any atom is 0.229 e. The van der Waals surface area contributed by atoms with Crippen LogP contribution in [0.15, 0.2) is 48.5 Å². The van der Waals surface area contributed by atoms with Crippen molar-refractivity contribution in [2.45, 2.75) is 39.5 Å². The normalized spacial score (nSPS) is 17.0. The molecule has 0 aromatic heterocycles. The van der Waals surface area contributed by atoms with E-state index in [9.17, 15) is 9.59 Å². The van der Waals surface area contributed by atoms with Crippen LogP contribution >= 0.6 is 0 Å². The third kappa shape index (κ3) is 3.79. The smallest absolute Gasteiger partial charge is 0.229 e. The maximum absolute atomic E-state index is 12.7. The van der Waals surface area contributed by atoms with Crippen molar-refractivity contribution in [3.05, 3.63) is 59.7 Å². The summed E-state index contributed by atoms with van der Waals surface area (Å²) in [5.74, 6) is -0.0791. The molecular formula is C22H26N2O2. The van der Waals surface area contributed by atoms with Crippen molar-refractivity contribution in [1.82, 2.24) is 0 Å². The number of amides is 2. The van der Waals surface area contributed by atoms with Gasteiger partial charge in [0.2, 0.25) is 11.8 Å². The van der Waals surface area contributed by atoms with Crippen molar-refractivity contribution < 1.29 is 9.59 Å². The maximum atomic E-state index is 12.7. The van der Waals surface area contributed by atoms with Crippen LogP contribution in [0.2, 0.25) is 0 Å². The molecule has 0 aliphatic carbocycles. The van der Waals surface area contributed by atoms with Crippen molar-refractivity contribution in [3.8, 4) is 0 Å². The van der Waals surface area contributed by atoms with Crippen molar-refractivity contribution in [2.75, 3.05) is 16.8 Å². The van der Waals surface area contributed by atoms with Gasteiger partial charge in [0.05, 0.1) is 5.92 Å². The number of nitrogens with zero attached hydrogens (tertiary/aromatic N) is 1. The van der Waals surface area contributed by atoms with Crippen LogP contribution in [0.5, 0.6) is 0 Å². The van der Waals surface area contributed by atoms with Gasteiger partial charge in [-0.15, -0.1) is 0 Å². The van der Waals surface area contributed by atoms with Crippen LogP contribution in [-0.2, 0) is 16.0 Å². The molecule has 2 amide bonds. The Kier molecular flexibility index (Phi) is 5.40. The van der Waals surface area contributed by atoms with Gasteiger partial charge in [0.25, 0.3) is 0 Å². The molecule has 1 heterocycles. The molecule has 1 N–H and O–H groups in total. The number of anilines is 2. The second-order valence-corrected chi connectivity index (χ2v) is 7.16. The van der Waals surface area contributed by atoms with Crippen LogP contribution in [0.4, 0.5) is 11.4 Å². The van der Waals surface area contributed by atoms with Crippen molar-refractivity contribution in [3.63, 3.8) is 0 Å². The first-order chi connectivity index (χ1) is 12.5. The minimum Gasteiger partial charge on any atom is -0.326 e. The predicted octanol–water partition coefficient (Wildman–Crippen LogP) is 4.36. The molecule has 0 bridgehead atoms. The lowest BCUT2D eigenvalue weighted by Gasteiger charge is -2.18. The van der Waals surface area contributed by atoms with Gasteiger partial charge in [0.1, 0.15) is 0 Å². The molecule has 2 aromatic carbocycles. The van der Waals surface area contributed by atoms with Gasteiger partial charge < -0.3 is 10.2 Å². The number of para-hydroxylation sites is 1. The number of carbonyl (C=O) groups is 2. The molecule has 1 aliphatic heterocycles. The van der Waals surface area contributed by atoms with E-state index in [0.29, 0.717) is 12.5 Å². The first-order valence-corrected chi connectivity index (χ1v) is 9.28. The van der Waals surface area contributed by atoms with E-state index >= 15 is 0 Å². The van der Waals surface area contributed by atoms with E-state index in [-0.39, 0.29) is 24.2 Å². The number of benzene rings is 2. The highest BCUT2D eigenvalue weighted by Gasteiger charge is 2.35. The number of carbonyl (C=O) groups excluding carboxylic acids is 2. The summed E-state index contributed by atoms with van der Waals surface area (Å²) < 4.78 is 0. The zero-order valence-corrected chi connectivity index (χ0v) is 15.7. The molecule has 136 valence electrons. The molecule has 4 nitrogen and oxygen atoms in total. The molecule has 1 saturated heterocycles. The topological polar surface area (TPSA) is 49.4 Å². The van der Waals surface area contributed by atoms with E-state index in [4.69, 9.17) is 0 Å². The highest BCUT2D eigenvalue weighted by Crippen LogP contribution is 2.28. The number of rotatable bonds is 5. The van der Waals surface area contributed by atoms with Crippen LogP contribution in [0.1, 0.15) is 44.2 Å². The molecule has 1 atom stereocenters. The largest absolute Gasteiger partial charge is 0.326 e. The summed E-state index contributed by atoms with van der Waals surface area (Å²) >= 11 is 0. The Hall–Kier alpha value is -2.62. The Balaban J connectivity index is 1.71. The number of hydrogen-bond acceptors (Lipinski definition) is 2. The summed E-state index contributed by atoms with van der Waals surface area (Å²) in [4.78, 5) is 26.9. The average molecular weight is 350 g/mol. The number of aryl methyl sites for hydroxylation is 1. The van der Waals surface area contributed by atoms with E-state index < -0.39 is 0 Å². The average Bonchev–Trinajstić information content (AvgIpc) is 3.04. The third-order valence-corrected chi connectivity index (χ3v) is 4.99. The lowest BCUT2D eigenvalue weighted by molar-refractivity contribution is -0.122. The fourth-order valence-electron chi connectivity index (χ4n) is 3.39. The highest BCUT2D eigenvalue weighted by molar-refractivity contribution is 6.03. The second kappa shape index (κ2) is 7.73. The van der Waals surface area contributed by atoms with Crippen LogP contribution in [0, 0.1) is 5.92 Å². The van der Waals surface area contributed by atoms with E-state index in [0.717, 1.165) is 23.4 Å². The molecule has 2 aromatic rings. The summed E-state index contributed by atoms with van der Waals surface area (Å²) in [5, 5.41) is 3.03. The van der Waals surface area contributed by atoms with E-state index in [2.05, 4.69) is 26.1 Å². The zero-order chi connectivity index (χ0) is 18.7. The molecule has 0 radical (unpaired) electrons. The molecule has 1 aliphatic rings. The van der Waals surface area contributed by atoms with E-state index in [1.54, 1.807) is 4.90 Å². The standard InChI is InChI=1S/C22H26N2O2/c1-4-16-9-11-18(12-10-16)24-14-17(13-21(24)25)22(26)23-20-8-6-5-7-19(20)15(2)3/h5-12,15,17H,4,13-14H2,1-3H3,(H,23,26)/t17-/m0/s1. The van der Waals surface area contributed by atoms with Gasteiger partial charge in [-0.2, -0.15) is 0 Å². The Morgan fingerprint density at radius 3 is 2.50 bits per heavy atom. The molecule has 1 fully saturated rings. The van der Waals surface area contributed by atoms with E-state index in [1.807, 2.05) is 48.5 Å². The summed E-state index contributed by atoms with van der Waals surface area (Å²) in [6.07, 6.45) is 1.22. The van der Waals surface area contributed by atoms with Gasteiger partial charge in [-0.25, -0.2) is 0 Å². The molecule has 0 unspecified atom stereocenters. The van der Waals surface area contributed by atoms with Crippen LogP contribution in [-0.4, -0.2) is 18.4 Å². The predicted molar refractivity (Wildman–Crippen MR) is 105 cm³/mol. The van der Waals surface area contributed by atoms with E-state index in [1.165, 1.54) is 5.56 Å². The lowest BCUT2D eigenvalue weighted by Crippen LogP contribution is -2.28. The second-order valence-electron chi connectivity index (χ2n) is 7.16. The van der Waals surface area contributed by atoms with Gasteiger partial charge in [0, 0.05) is 24.3 Å². The Bertz CT molecular complexity index is 796. The van der Waals surface area contributed by atoms with Crippen molar-refractivity contribution >= 4 is 23.2 Å². The van der Waals surface area contributed by atoms with Gasteiger partial charge in [0.15, 0.2) is 0 Å². The van der Waals surface area contributed by atoms with Gasteiger partial charge in [-0.1, -0.05) is 51.1 Å². The fraction of sp³-hybridized carbons (Fsp3) is 0.364. The first-order valence-electron chi connectivity index (χ1n) is 9.28. The quantitative estimate of drug-likeness (QED) is 0.871. The molecule has 0 saturated carbocycles. The number of hydrogen-bond donors (Lipinski definition) is 1. The van der Waals surface area contributed by atoms with Crippen LogP contribution < -0.4 is 10.2 Å². The summed E-state index contributed by atoms with van der Waals surface area (Å²) in [7, 11) is 0. The van der Waals surface area contributed by atoms with Crippen molar-refractivity contribution in [1.29, 1.82) is 0 Å². The van der Waals surface area contributed by atoms with Crippen LogP contribution in [0.25, 0.3) is 0 Å². The Labute approximate surface area is 155 Å². The summed E-state index contributed by atoms with van der Waals surface area (Å²) in [5.41, 5.74) is 4.05. The van der Waals surface area contributed by atoms with Crippen molar-refractivity contribution in [2.24, 2.45) is 5.92 Å². The fourth-order valence-corrected chi connectivity index (χ4v) is 3.39. The molecule has 0 spiro atoms. The first kappa shape index (κ1) is 18.2. The molecule has 3 rings (SSSR count). The van der Waals surface area contributed by atoms with Gasteiger partial charge in [-0.05, 0) is 41.7 Å². The summed E-state index contributed by atoms with van der Waals surface area (Å²) in [6.45, 7) is 6.74. The lowest BCUT2D eigenvalue weighted by atomic mass is 10.0. The zero-order valence-electron chi connectivity index (χ0n) is 15.7. The van der Waals surface area contributed by atoms with Gasteiger partial charge in [-0.3, -0.25) is 9.59 Å². The third-order valence-electron chi connectivity index (χ3n) is 4.99. The van der Waals surface area contributed by atoms with Gasteiger partial charge >= 0.3 is 0 Å². The SMILES string of the molecule is CCc1ccc(N2C[C@@H](C(=O)Nc3ccccc3C(C)C)CC2=O)cc1. The van der Waals surface area contributed by atoms with Crippen LogP contribution in [0.3, 0.4) is 0 Å². The molecular weight excluding hydrogens is 324 g/mol. The minimum absolute atomic E-state index is 0.00606. The molecule has 4 heteroatoms. The minimum atomic E-state index is -0.325. The number of nitrogens with one attached hydrogen (secondary N) is 1. The Morgan fingerprint density at radius 2 is 1.85 bits per heavy atom. The monoisotopic (exact) mass is 350 g/mol. The molecule has 26 heavy (non-hydrogen) atoms. The summed E-state index contributed by atoms with van der Waals surface area (Å²) in [6, 6.07) is 15.8. The highest BCUT2D eigenvalue weighted by atomic mass is 16.2.